The van der Waals surface area contributed by atoms with Gasteiger partial charge in [0.25, 0.3) is 5.91 Å². The fraction of sp³-hybridized carbons (Fsp3) is 0.286. The van der Waals surface area contributed by atoms with Crippen LogP contribution in [0.25, 0.3) is 10.9 Å². The van der Waals surface area contributed by atoms with Gasteiger partial charge in [-0.15, -0.1) is 10.2 Å². The number of nitrogens with zero attached hydrogens (tertiary/aromatic N) is 3. The lowest BCUT2D eigenvalue weighted by Crippen LogP contribution is -2.34. The average Bonchev–Trinajstić information content (AvgIpc) is 3.01. The average molecular weight is 380 g/mol. The van der Waals surface area contributed by atoms with Gasteiger partial charge in [0, 0.05) is 11.4 Å². The number of aromatic nitrogens is 1. The molecule has 3 rings (SSSR count). The molecule has 0 aliphatic rings. The number of benzene rings is 2. The molecule has 0 spiro atoms. The number of ether oxygens (including phenoxy) is 1. The lowest BCUT2D eigenvalue weighted by atomic mass is 10.1. The lowest BCUT2D eigenvalue weighted by molar-refractivity contribution is -0.119. The van der Waals surface area contributed by atoms with E-state index in [9.17, 15) is 9.90 Å². The Kier molecular flexibility index (Phi) is 6.06. The van der Waals surface area contributed by atoms with Gasteiger partial charge in [0.15, 0.2) is 5.69 Å². The van der Waals surface area contributed by atoms with Crippen LogP contribution in [0, 0.1) is 0 Å². The molecule has 1 atom stereocenters. The Bertz CT molecular complexity index is 982. The van der Waals surface area contributed by atoms with Crippen LogP contribution in [-0.2, 0) is 11.2 Å². The first kappa shape index (κ1) is 19.6. The first-order valence-corrected chi connectivity index (χ1v) is 9.05. The number of azo groups is 1. The van der Waals surface area contributed by atoms with E-state index >= 15 is 0 Å². The van der Waals surface area contributed by atoms with Crippen molar-refractivity contribution in [3.8, 4) is 11.6 Å². The van der Waals surface area contributed by atoms with Crippen LogP contribution < -0.4 is 4.74 Å². The summed E-state index contributed by atoms with van der Waals surface area (Å²) >= 11 is 0. The summed E-state index contributed by atoms with van der Waals surface area (Å²) in [7, 11) is 3.44. The summed E-state index contributed by atoms with van der Waals surface area (Å²) < 4.78 is 5.20. The third kappa shape index (κ3) is 4.55. The first-order valence-electron chi connectivity index (χ1n) is 9.05. The van der Waals surface area contributed by atoms with E-state index < -0.39 is 0 Å². The van der Waals surface area contributed by atoms with Crippen molar-refractivity contribution < 1.29 is 14.6 Å². The smallest absolute Gasteiger partial charge is 0.278 e. The maximum atomic E-state index is 12.3. The minimum atomic E-state index is -0.376. The Morgan fingerprint density at radius 3 is 2.71 bits per heavy atom. The molecule has 2 aromatic carbocycles. The van der Waals surface area contributed by atoms with Gasteiger partial charge < -0.3 is 14.8 Å². The van der Waals surface area contributed by atoms with Crippen LogP contribution in [-0.4, -0.2) is 47.6 Å². The summed E-state index contributed by atoms with van der Waals surface area (Å²) in [5, 5.41) is 18.5. The molecule has 0 fully saturated rings. The van der Waals surface area contributed by atoms with Crippen molar-refractivity contribution in [2.45, 2.75) is 19.4 Å². The molecule has 0 saturated heterocycles. The number of likely N-dealkylation sites (N-methyl/N-ethyl adjacent to an activating group) is 1. The second-order valence-corrected chi connectivity index (χ2v) is 6.78. The van der Waals surface area contributed by atoms with Crippen LogP contribution in [0.3, 0.4) is 0 Å². The number of fused-ring (bicyclic) bond motifs is 1. The van der Waals surface area contributed by atoms with E-state index in [0.717, 1.165) is 6.42 Å². The largest absolute Gasteiger partial charge is 0.497 e. The third-order valence-corrected chi connectivity index (χ3v) is 4.73. The number of H-pyrrole nitrogens is 1. The minimum Gasteiger partial charge on any atom is -0.497 e. The number of carbonyl (C=O) groups excluding carboxylic acids is 1. The molecule has 0 aliphatic carbocycles. The van der Waals surface area contributed by atoms with Gasteiger partial charge in [-0.3, -0.25) is 9.69 Å². The van der Waals surface area contributed by atoms with E-state index in [2.05, 4.69) is 34.3 Å². The summed E-state index contributed by atoms with van der Waals surface area (Å²) in [5.74, 6) is 0.119. The summed E-state index contributed by atoms with van der Waals surface area (Å²) in [4.78, 5) is 17.0. The van der Waals surface area contributed by atoms with Gasteiger partial charge in [-0.2, -0.15) is 0 Å². The molecule has 0 bridgehead atoms. The molecule has 1 unspecified atom stereocenters. The zero-order valence-corrected chi connectivity index (χ0v) is 16.2. The third-order valence-electron chi connectivity index (χ3n) is 4.73. The quantitative estimate of drug-likeness (QED) is 0.605. The van der Waals surface area contributed by atoms with E-state index in [-0.39, 0.29) is 30.1 Å². The number of rotatable bonds is 7. The predicted molar refractivity (Wildman–Crippen MR) is 108 cm³/mol. The maximum absolute atomic E-state index is 12.3. The highest BCUT2D eigenvalue weighted by Gasteiger charge is 2.15. The number of amides is 1. The Labute approximate surface area is 163 Å². The molecule has 0 aliphatic heterocycles. The fourth-order valence-corrected chi connectivity index (χ4v) is 2.99. The predicted octanol–water partition coefficient (Wildman–Crippen LogP) is 4.06. The highest BCUT2D eigenvalue weighted by Crippen LogP contribution is 2.37. The number of carbonyl (C=O) groups is 1. The Morgan fingerprint density at radius 1 is 1.25 bits per heavy atom. The fourth-order valence-electron chi connectivity index (χ4n) is 2.99. The molecule has 0 saturated carbocycles. The molecular weight excluding hydrogens is 356 g/mol. The molecule has 7 heteroatoms. The van der Waals surface area contributed by atoms with Crippen molar-refractivity contribution >= 4 is 22.5 Å². The molecule has 1 amide bonds. The SMILES string of the molecule is COc1ccc2[nH]c(O)c(N=NC(=O)CN(C)C(C)Cc3ccccc3)c2c1. The van der Waals surface area contributed by atoms with Crippen LogP contribution in [0.2, 0.25) is 0 Å². The zero-order valence-electron chi connectivity index (χ0n) is 16.2. The molecule has 1 heterocycles. The van der Waals surface area contributed by atoms with E-state index in [4.69, 9.17) is 4.74 Å². The monoisotopic (exact) mass is 380 g/mol. The van der Waals surface area contributed by atoms with Gasteiger partial charge in [0.1, 0.15) is 5.75 Å². The standard InChI is InChI=1S/C21H24N4O3/c1-14(11-15-7-5-4-6-8-15)25(2)13-19(26)23-24-20-17-12-16(28-3)9-10-18(17)22-21(20)27/h4-10,12,14,22,27H,11,13H2,1-3H3. The van der Waals surface area contributed by atoms with E-state index in [0.29, 0.717) is 16.7 Å². The molecule has 0 radical (unpaired) electrons. The number of hydrogen-bond acceptors (Lipinski definition) is 5. The van der Waals surface area contributed by atoms with Crippen LogP contribution in [0.1, 0.15) is 12.5 Å². The summed E-state index contributed by atoms with van der Waals surface area (Å²) in [6.45, 7) is 2.21. The zero-order chi connectivity index (χ0) is 20.1. The van der Waals surface area contributed by atoms with Crippen LogP contribution in [0.15, 0.2) is 58.8 Å². The summed E-state index contributed by atoms with van der Waals surface area (Å²) in [6, 6.07) is 15.6. The molecule has 146 valence electrons. The second kappa shape index (κ2) is 8.67. The number of hydrogen-bond donors (Lipinski definition) is 2. The first-order chi connectivity index (χ1) is 13.5. The van der Waals surface area contributed by atoms with E-state index in [1.54, 1.807) is 25.3 Å². The van der Waals surface area contributed by atoms with Crippen molar-refractivity contribution in [3.63, 3.8) is 0 Å². The van der Waals surface area contributed by atoms with Crippen molar-refractivity contribution in [1.29, 1.82) is 0 Å². The lowest BCUT2D eigenvalue weighted by Gasteiger charge is -2.23. The molecule has 28 heavy (non-hydrogen) atoms. The Morgan fingerprint density at radius 2 is 2.00 bits per heavy atom. The summed E-state index contributed by atoms with van der Waals surface area (Å²) in [6.07, 6.45) is 0.838. The minimum absolute atomic E-state index is 0.134. The van der Waals surface area contributed by atoms with Gasteiger partial charge >= 0.3 is 0 Å². The normalized spacial score (nSPS) is 12.7. The van der Waals surface area contributed by atoms with Crippen LogP contribution >= 0.6 is 0 Å². The van der Waals surface area contributed by atoms with E-state index in [1.807, 2.05) is 30.1 Å². The summed E-state index contributed by atoms with van der Waals surface area (Å²) in [5.41, 5.74) is 2.13. The van der Waals surface area contributed by atoms with Crippen LogP contribution in [0.4, 0.5) is 5.69 Å². The van der Waals surface area contributed by atoms with Crippen molar-refractivity contribution in [1.82, 2.24) is 9.88 Å². The Hall–Kier alpha value is -3.19. The van der Waals surface area contributed by atoms with Crippen LogP contribution in [0.5, 0.6) is 11.6 Å². The molecule has 3 aromatic rings. The van der Waals surface area contributed by atoms with Gasteiger partial charge in [-0.25, -0.2) is 0 Å². The van der Waals surface area contributed by atoms with Gasteiger partial charge in [-0.05, 0) is 44.2 Å². The second-order valence-electron chi connectivity index (χ2n) is 6.78. The highest BCUT2D eigenvalue weighted by molar-refractivity contribution is 5.95. The number of aromatic hydroxyl groups is 1. The molecule has 7 nitrogen and oxygen atoms in total. The Balaban J connectivity index is 1.66. The molecule has 1 aromatic heterocycles. The number of methoxy groups -OCH3 is 1. The van der Waals surface area contributed by atoms with Gasteiger partial charge in [0.05, 0.1) is 19.2 Å². The van der Waals surface area contributed by atoms with Gasteiger partial charge in [0.2, 0.25) is 5.88 Å². The maximum Gasteiger partial charge on any atom is 0.278 e. The van der Waals surface area contributed by atoms with Crippen molar-refractivity contribution in [2.24, 2.45) is 10.2 Å². The molecular formula is C21H24N4O3. The topological polar surface area (TPSA) is 90.3 Å². The van der Waals surface area contributed by atoms with Crippen molar-refractivity contribution in [2.75, 3.05) is 20.7 Å². The van der Waals surface area contributed by atoms with Crippen molar-refractivity contribution in [3.05, 3.63) is 54.1 Å². The van der Waals surface area contributed by atoms with Gasteiger partial charge in [-0.1, -0.05) is 30.3 Å². The number of nitrogens with one attached hydrogen (secondary N) is 1. The number of aromatic amines is 1. The highest BCUT2D eigenvalue weighted by atomic mass is 16.5. The van der Waals surface area contributed by atoms with E-state index in [1.165, 1.54) is 5.56 Å². The molecule has 2 N–H and O–H groups in total.